The molecule has 3 rings (SSSR count). The van der Waals surface area contributed by atoms with Gasteiger partial charge in [-0.05, 0) is 24.6 Å². The molecule has 4 nitrogen and oxygen atoms in total. The maximum absolute atomic E-state index is 4.36. The number of aromatic amines is 2. The Labute approximate surface area is 86.4 Å². The van der Waals surface area contributed by atoms with Gasteiger partial charge in [0, 0.05) is 11.8 Å². The molecule has 0 saturated carbocycles. The average molecular weight is 198 g/mol. The molecule has 2 heterocycles. The summed E-state index contributed by atoms with van der Waals surface area (Å²) >= 11 is 0. The molecule has 0 bridgehead atoms. The van der Waals surface area contributed by atoms with Crippen LogP contribution in [-0.2, 0) is 0 Å². The number of aryl methyl sites for hydroxylation is 1. The van der Waals surface area contributed by atoms with Crippen molar-refractivity contribution in [3.63, 3.8) is 0 Å². The first-order chi connectivity index (χ1) is 7.33. The molecular weight excluding hydrogens is 188 g/mol. The molecule has 0 spiro atoms. The predicted octanol–water partition coefficient (Wildman–Crippen LogP) is 2.26. The second kappa shape index (κ2) is 2.95. The van der Waals surface area contributed by atoms with Crippen LogP contribution in [-0.4, -0.2) is 20.2 Å². The zero-order chi connectivity index (χ0) is 10.3. The summed E-state index contributed by atoms with van der Waals surface area (Å²) in [6.45, 7) is 1.96. The van der Waals surface area contributed by atoms with Gasteiger partial charge in [0.05, 0.1) is 17.2 Å². The SMILES string of the molecule is Cc1nc2ccc(-c3cn[nH]c3)cc2[nH]1. The first-order valence-corrected chi connectivity index (χ1v) is 4.78. The van der Waals surface area contributed by atoms with Crippen molar-refractivity contribution in [3.05, 3.63) is 36.4 Å². The summed E-state index contributed by atoms with van der Waals surface area (Å²) in [5.74, 6) is 0.939. The van der Waals surface area contributed by atoms with Crippen LogP contribution in [0.2, 0.25) is 0 Å². The van der Waals surface area contributed by atoms with E-state index in [0.29, 0.717) is 0 Å². The van der Waals surface area contributed by atoms with E-state index in [1.165, 1.54) is 0 Å². The summed E-state index contributed by atoms with van der Waals surface area (Å²) in [5, 5.41) is 6.74. The van der Waals surface area contributed by atoms with Gasteiger partial charge in [0.1, 0.15) is 5.82 Å². The normalized spacial score (nSPS) is 11.0. The topological polar surface area (TPSA) is 57.4 Å². The van der Waals surface area contributed by atoms with Gasteiger partial charge in [0.2, 0.25) is 0 Å². The van der Waals surface area contributed by atoms with Crippen LogP contribution in [0.1, 0.15) is 5.82 Å². The number of nitrogens with one attached hydrogen (secondary N) is 2. The summed E-state index contributed by atoms with van der Waals surface area (Å²) < 4.78 is 0. The number of hydrogen-bond donors (Lipinski definition) is 2. The lowest BCUT2D eigenvalue weighted by atomic mass is 10.1. The monoisotopic (exact) mass is 198 g/mol. The van der Waals surface area contributed by atoms with Crippen LogP contribution in [0.3, 0.4) is 0 Å². The van der Waals surface area contributed by atoms with E-state index in [1.54, 1.807) is 0 Å². The molecule has 1 aromatic carbocycles. The van der Waals surface area contributed by atoms with Gasteiger partial charge >= 0.3 is 0 Å². The van der Waals surface area contributed by atoms with Crippen LogP contribution in [0.5, 0.6) is 0 Å². The standard InChI is InChI=1S/C11H10N4/c1-7-14-10-3-2-8(4-11(10)15-7)9-5-12-13-6-9/h2-6H,1H3,(H,12,13)(H,14,15). The minimum Gasteiger partial charge on any atom is -0.342 e. The largest absolute Gasteiger partial charge is 0.342 e. The van der Waals surface area contributed by atoms with E-state index in [9.17, 15) is 0 Å². The number of aromatic nitrogens is 4. The number of hydrogen-bond acceptors (Lipinski definition) is 2. The Morgan fingerprint density at radius 1 is 1.20 bits per heavy atom. The molecule has 2 N–H and O–H groups in total. The average Bonchev–Trinajstić information content (AvgIpc) is 2.82. The molecule has 0 radical (unpaired) electrons. The summed E-state index contributed by atoms with van der Waals surface area (Å²) in [5.41, 5.74) is 4.29. The first-order valence-electron chi connectivity index (χ1n) is 4.78. The highest BCUT2D eigenvalue weighted by molar-refractivity contribution is 5.81. The zero-order valence-corrected chi connectivity index (χ0v) is 8.28. The zero-order valence-electron chi connectivity index (χ0n) is 8.28. The predicted molar refractivity (Wildman–Crippen MR) is 58.4 cm³/mol. The third-order valence-corrected chi connectivity index (χ3v) is 2.43. The van der Waals surface area contributed by atoms with Crippen LogP contribution in [0.25, 0.3) is 22.2 Å². The molecular formula is C11H10N4. The van der Waals surface area contributed by atoms with Crippen LogP contribution < -0.4 is 0 Å². The maximum atomic E-state index is 4.36. The van der Waals surface area contributed by atoms with Gasteiger partial charge in [-0.15, -0.1) is 0 Å². The number of H-pyrrole nitrogens is 2. The Kier molecular flexibility index (Phi) is 1.62. The van der Waals surface area contributed by atoms with Gasteiger partial charge in [-0.3, -0.25) is 5.10 Å². The molecule has 4 heteroatoms. The second-order valence-corrected chi connectivity index (χ2v) is 3.54. The van der Waals surface area contributed by atoms with E-state index in [-0.39, 0.29) is 0 Å². The maximum Gasteiger partial charge on any atom is 0.104 e. The van der Waals surface area contributed by atoms with E-state index in [4.69, 9.17) is 0 Å². The molecule has 2 aromatic heterocycles. The fourth-order valence-corrected chi connectivity index (χ4v) is 1.73. The highest BCUT2D eigenvalue weighted by Gasteiger charge is 2.02. The highest BCUT2D eigenvalue weighted by atomic mass is 15.1. The Balaban J connectivity index is 2.21. The molecule has 0 fully saturated rings. The molecule has 0 unspecified atom stereocenters. The fraction of sp³-hybridized carbons (Fsp3) is 0.0909. The molecule has 0 aliphatic carbocycles. The van der Waals surface area contributed by atoms with Crippen LogP contribution >= 0.6 is 0 Å². The number of rotatable bonds is 1. The third kappa shape index (κ3) is 1.30. The van der Waals surface area contributed by atoms with E-state index in [0.717, 1.165) is 28.0 Å². The van der Waals surface area contributed by atoms with Gasteiger partial charge in [-0.2, -0.15) is 5.10 Å². The van der Waals surface area contributed by atoms with Crippen molar-refractivity contribution >= 4 is 11.0 Å². The quantitative estimate of drug-likeness (QED) is 0.630. The smallest absolute Gasteiger partial charge is 0.104 e. The van der Waals surface area contributed by atoms with Crippen LogP contribution in [0.4, 0.5) is 0 Å². The van der Waals surface area contributed by atoms with E-state index >= 15 is 0 Å². The molecule has 3 aromatic rings. The molecule has 15 heavy (non-hydrogen) atoms. The molecule has 0 amide bonds. The van der Waals surface area contributed by atoms with Crippen molar-refractivity contribution in [1.82, 2.24) is 20.2 Å². The Morgan fingerprint density at radius 3 is 2.93 bits per heavy atom. The van der Waals surface area contributed by atoms with E-state index in [2.05, 4.69) is 26.2 Å². The van der Waals surface area contributed by atoms with Crippen molar-refractivity contribution in [2.24, 2.45) is 0 Å². The summed E-state index contributed by atoms with van der Waals surface area (Å²) in [6, 6.07) is 6.15. The third-order valence-electron chi connectivity index (χ3n) is 2.43. The second-order valence-electron chi connectivity index (χ2n) is 3.54. The van der Waals surface area contributed by atoms with Crippen molar-refractivity contribution < 1.29 is 0 Å². The van der Waals surface area contributed by atoms with Crippen molar-refractivity contribution in [2.75, 3.05) is 0 Å². The summed E-state index contributed by atoms with van der Waals surface area (Å²) in [4.78, 5) is 7.58. The van der Waals surface area contributed by atoms with Crippen molar-refractivity contribution in [3.8, 4) is 11.1 Å². The number of fused-ring (bicyclic) bond motifs is 1. The van der Waals surface area contributed by atoms with Crippen molar-refractivity contribution in [2.45, 2.75) is 6.92 Å². The number of imidazole rings is 1. The lowest BCUT2D eigenvalue weighted by Crippen LogP contribution is -1.74. The molecule has 0 atom stereocenters. The molecule has 0 aliphatic rings. The Bertz CT molecular complexity index is 592. The first kappa shape index (κ1) is 8.23. The highest BCUT2D eigenvalue weighted by Crippen LogP contribution is 2.21. The summed E-state index contributed by atoms with van der Waals surface area (Å²) in [6.07, 6.45) is 3.69. The van der Waals surface area contributed by atoms with E-state index in [1.807, 2.05) is 31.5 Å². The minimum absolute atomic E-state index is 0.939. The van der Waals surface area contributed by atoms with Crippen LogP contribution in [0, 0.1) is 6.92 Å². The van der Waals surface area contributed by atoms with Gasteiger partial charge in [0.25, 0.3) is 0 Å². The van der Waals surface area contributed by atoms with Gasteiger partial charge < -0.3 is 4.98 Å². The fourth-order valence-electron chi connectivity index (χ4n) is 1.73. The van der Waals surface area contributed by atoms with Crippen LogP contribution in [0.15, 0.2) is 30.6 Å². The Hall–Kier alpha value is -2.10. The van der Waals surface area contributed by atoms with Crippen molar-refractivity contribution in [1.29, 1.82) is 0 Å². The summed E-state index contributed by atoms with van der Waals surface area (Å²) in [7, 11) is 0. The molecule has 0 aliphatic heterocycles. The number of benzene rings is 1. The Morgan fingerprint density at radius 2 is 2.13 bits per heavy atom. The van der Waals surface area contributed by atoms with E-state index < -0.39 is 0 Å². The lowest BCUT2D eigenvalue weighted by Gasteiger charge is -1.95. The van der Waals surface area contributed by atoms with Gasteiger partial charge in [0.15, 0.2) is 0 Å². The number of nitrogens with zero attached hydrogens (tertiary/aromatic N) is 2. The lowest BCUT2D eigenvalue weighted by molar-refractivity contribution is 1.09. The molecule has 74 valence electrons. The van der Waals surface area contributed by atoms with Gasteiger partial charge in [-0.1, -0.05) is 6.07 Å². The van der Waals surface area contributed by atoms with Gasteiger partial charge in [-0.25, -0.2) is 4.98 Å². The minimum atomic E-state index is 0.939. The molecule has 0 saturated heterocycles.